The van der Waals surface area contributed by atoms with Crippen LogP contribution >= 0.6 is 0 Å². The number of nitrogens with zero attached hydrogens (tertiary/aromatic N) is 3. The van der Waals surface area contributed by atoms with Crippen LogP contribution in [0.25, 0.3) is 22.2 Å². The fourth-order valence-electron chi connectivity index (χ4n) is 8.37. The van der Waals surface area contributed by atoms with Gasteiger partial charge in [-0.25, -0.2) is 12.8 Å². The molecule has 3 aromatic carbocycles. The van der Waals surface area contributed by atoms with Gasteiger partial charge in [-0.15, -0.1) is 0 Å². The molecule has 8 rings (SSSR count). The second kappa shape index (κ2) is 15.5. The molecule has 1 aromatic heterocycles. The average molecular weight is 811 g/mol. The minimum absolute atomic E-state index is 0.0747. The molecule has 4 aromatic rings. The van der Waals surface area contributed by atoms with Crippen LogP contribution in [0.4, 0.5) is 10.1 Å². The Morgan fingerprint density at radius 1 is 1.00 bits per heavy atom. The van der Waals surface area contributed by atoms with Crippen LogP contribution in [-0.2, 0) is 24.4 Å². The highest BCUT2D eigenvalue weighted by atomic mass is 32.2. The topological polar surface area (TPSA) is 152 Å². The van der Waals surface area contributed by atoms with E-state index in [1.165, 1.54) is 12.1 Å². The molecule has 5 atom stereocenters. The Morgan fingerprint density at radius 2 is 1.76 bits per heavy atom. The SMILES string of the molecule is CC(C)n1c(O[C@@H]2C[C@H]3C(=O)N[C@]4(C(=O)NS(=O)(=O)C5(C)CC5)C[C@H]4/C=C\CCCCC[C@H](Nc4ccccc4)C(=O)N3C2)nc2c(-c3ccc(F)cc3)cccc21. The van der Waals surface area contributed by atoms with Crippen LogP contribution in [0.5, 0.6) is 6.01 Å². The van der Waals surface area contributed by atoms with Gasteiger partial charge >= 0.3 is 0 Å². The van der Waals surface area contributed by atoms with Gasteiger partial charge in [0.1, 0.15) is 35.1 Å². The van der Waals surface area contributed by atoms with E-state index in [0.29, 0.717) is 30.8 Å². The zero-order valence-corrected chi connectivity index (χ0v) is 33.9. The fraction of sp³-hybridized carbons (Fsp3) is 0.455. The van der Waals surface area contributed by atoms with Gasteiger partial charge in [0.05, 0.1) is 16.8 Å². The molecule has 14 heteroatoms. The number of sulfonamides is 1. The molecule has 3 amide bonds. The summed E-state index contributed by atoms with van der Waals surface area (Å²) >= 11 is 0. The third-order valence-electron chi connectivity index (χ3n) is 12.2. The summed E-state index contributed by atoms with van der Waals surface area (Å²) in [5, 5.41) is 6.39. The number of hydrogen-bond donors (Lipinski definition) is 3. The van der Waals surface area contributed by atoms with Crippen molar-refractivity contribution in [3.8, 4) is 17.1 Å². The fourth-order valence-corrected chi connectivity index (χ4v) is 9.68. The zero-order chi connectivity index (χ0) is 40.8. The number of aromatic nitrogens is 2. The average Bonchev–Trinajstić information content (AvgIpc) is 4.02. The van der Waals surface area contributed by atoms with Crippen molar-refractivity contribution in [2.24, 2.45) is 5.92 Å². The van der Waals surface area contributed by atoms with Gasteiger partial charge in [-0.1, -0.05) is 67.5 Å². The predicted molar refractivity (Wildman–Crippen MR) is 220 cm³/mol. The third kappa shape index (κ3) is 7.70. The van der Waals surface area contributed by atoms with E-state index in [1.807, 2.05) is 79.1 Å². The number of benzene rings is 3. The highest BCUT2D eigenvalue weighted by Gasteiger charge is 2.63. The number of hydrogen-bond acceptors (Lipinski definition) is 8. The number of carbonyl (C=O) groups is 3. The van der Waals surface area contributed by atoms with Crippen molar-refractivity contribution in [1.29, 1.82) is 0 Å². The highest BCUT2D eigenvalue weighted by molar-refractivity contribution is 7.91. The number of rotatable bonds is 9. The molecule has 3 heterocycles. The Morgan fingerprint density at radius 3 is 2.48 bits per heavy atom. The number of amides is 3. The van der Waals surface area contributed by atoms with Crippen LogP contribution in [-0.4, -0.2) is 75.6 Å². The first-order chi connectivity index (χ1) is 27.8. The van der Waals surface area contributed by atoms with Crippen molar-refractivity contribution >= 4 is 44.5 Å². The van der Waals surface area contributed by atoms with Crippen LogP contribution in [0.1, 0.15) is 84.6 Å². The Balaban J connectivity index is 1.13. The van der Waals surface area contributed by atoms with Crippen LogP contribution in [0.3, 0.4) is 0 Å². The second-order valence-electron chi connectivity index (χ2n) is 16.8. The molecule has 0 radical (unpaired) electrons. The minimum atomic E-state index is -3.98. The lowest BCUT2D eigenvalue weighted by molar-refractivity contribution is -0.140. The molecule has 3 fully saturated rings. The van der Waals surface area contributed by atoms with Gasteiger partial charge in [0.15, 0.2) is 0 Å². The van der Waals surface area contributed by atoms with Gasteiger partial charge in [-0.2, -0.15) is 4.98 Å². The highest BCUT2D eigenvalue weighted by Crippen LogP contribution is 2.47. The van der Waals surface area contributed by atoms with Crippen molar-refractivity contribution in [3.05, 3.63) is 90.8 Å². The largest absolute Gasteiger partial charge is 0.459 e. The Bertz CT molecular complexity index is 2340. The summed E-state index contributed by atoms with van der Waals surface area (Å²) < 4.78 is 50.3. The summed E-state index contributed by atoms with van der Waals surface area (Å²) in [5.74, 6) is -2.33. The number of halogens is 1. The minimum Gasteiger partial charge on any atom is -0.459 e. The smallest absolute Gasteiger partial charge is 0.297 e. The lowest BCUT2D eigenvalue weighted by atomic mass is 10.0. The third-order valence-corrected chi connectivity index (χ3v) is 14.4. The Kier molecular flexibility index (Phi) is 10.6. The van der Waals surface area contributed by atoms with Crippen molar-refractivity contribution in [2.75, 3.05) is 11.9 Å². The summed E-state index contributed by atoms with van der Waals surface area (Å²) in [6.07, 6.45) is 8.31. The number of fused-ring (bicyclic) bond motifs is 3. The normalized spacial score (nSPS) is 26.5. The molecular formula is C44H51FN6O6S. The lowest BCUT2D eigenvalue weighted by Gasteiger charge is -2.30. The Hall–Kier alpha value is -5.24. The summed E-state index contributed by atoms with van der Waals surface area (Å²) in [7, 11) is -3.98. The summed E-state index contributed by atoms with van der Waals surface area (Å²) in [6, 6.07) is 20.1. The van der Waals surface area contributed by atoms with Crippen LogP contribution < -0.4 is 20.1 Å². The molecule has 2 aliphatic carbocycles. The number of nitrogens with one attached hydrogen (secondary N) is 3. The molecule has 4 aliphatic rings. The van der Waals surface area contributed by atoms with Crippen LogP contribution in [0.15, 0.2) is 84.9 Å². The van der Waals surface area contributed by atoms with E-state index in [-0.39, 0.29) is 37.2 Å². The van der Waals surface area contributed by atoms with Crippen molar-refractivity contribution in [3.63, 3.8) is 0 Å². The summed E-state index contributed by atoms with van der Waals surface area (Å²) in [6.45, 7) is 5.72. The quantitative estimate of drug-likeness (QED) is 0.159. The summed E-state index contributed by atoms with van der Waals surface area (Å²) in [5.41, 5.74) is 2.38. The molecule has 0 unspecified atom stereocenters. The number of carbonyl (C=O) groups excluding carboxylic acids is 3. The van der Waals surface area contributed by atoms with E-state index in [2.05, 4.69) is 15.4 Å². The van der Waals surface area contributed by atoms with Crippen LogP contribution in [0, 0.1) is 11.7 Å². The molecule has 2 saturated carbocycles. The molecule has 0 bridgehead atoms. The van der Waals surface area contributed by atoms with Crippen molar-refractivity contribution in [2.45, 2.75) is 113 Å². The standard InChI is InChI=1S/C44H51FN6O6S/c1-28(2)51-36-18-12-16-34(29-19-21-31(45)22-20-29)38(36)47-42(51)57-33-25-37-39(52)48-44(41(54)49-58(55,56)43(3)23-24-43)26-30(44)13-8-5-4-6-11-17-35(40(53)50(37)27-33)46-32-14-9-7-10-15-32/h7-10,12-16,18-22,28,30,33,35,37,46H,4-6,11,17,23-27H2,1-3H3,(H,48,52)(H,49,54)/b13-8-/t30-,33-,35+,37+,44-/m1/s1. The van der Waals surface area contributed by atoms with E-state index in [9.17, 15) is 27.2 Å². The number of para-hydroxylation sites is 2. The first-order valence-corrected chi connectivity index (χ1v) is 21.9. The summed E-state index contributed by atoms with van der Waals surface area (Å²) in [4.78, 5) is 49.9. The lowest BCUT2D eigenvalue weighted by Crippen LogP contribution is -2.58. The molecule has 3 N–H and O–H groups in total. The van der Waals surface area contributed by atoms with Gasteiger partial charge in [0, 0.05) is 29.6 Å². The zero-order valence-electron chi connectivity index (χ0n) is 33.1. The maximum absolute atomic E-state index is 14.8. The van der Waals surface area contributed by atoms with Gasteiger partial charge in [0.25, 0.3) is 11.9 Å². The van der Waals surface area contributed by atoms with E-state index < -0.39 is 56.2 Å². The van der Waals surface area contributed by atoms with Crippen molar-refractivity contribution in [1.82, 2.24) is 24.5 Å². The van der Waals surface area contributed by atoms with Gasteiger partial charge in [0.2, 0.25) is 21.8 Å². The Labute approximate surface area is 338 Å². The molecule has 2 aliphatic heterocycles. The number of imidazole rings is 1. The first kappa shape index (κ1) is 39.6. The molecule has 306 valence electrons. The monoisotopic (exact) mass is 810 g/mol. The van der Waals surface area contributed by atoms with E-state index in [4.69, 9.17) is 9.72 Å². The van der Waals surface area contributed by atoms with Gasteiger partial charge in [-0.3, -0.25) is 23.7 Å². The maximum atomic E-state index is 14.8. The molecule has 0 spiro atoms. The molecule has 1 saturated heterocycles. The number of allylic oxidation sites excluding steroid dienone is 1. The molecular weight excluding hydrogens is 760 g/mol. The number of anilines is 1. The van der Waals surface area contributed by atoms with Gasteiger partial charge < -0.3 is 20.3 Å². The first-order valence-electron chi connectivity index (χ1n) is 20.4. The van der Waals surface area contributed by atoms with E-state index >= 15 is 0 Å². The van der Waals surface area contributed by atoms with Crippen molar-refractivity contribution < 1.29 is 31.9 Å². The van der Waals surface area contributed by atoms with Gasteiger partial charge in [-0.05, 0) is 95.2 Å². The number of ether oxygens (including phenoxy) is 1. The van der Waals surface area contributed by atoms with E-state index in [0.717, 1.165) is 48.0 Å². The maximum Gasteiger partial charge on any atom is 0.297 e. The predicted octanol–water partition coefficient (Wildman–Crippen LogP) is 6.65. The van der Waals surface area contributed by atoms with Crippen LogP contribution in [0.2, 0.25) is 0 Å². The molecule has 12 nitrogen and oxygen atoms in total. The second-order valence-corrected chi connectivity index (χ2v) is 19.0. The van der Waals surface area contributed by atoms with E-state index in [1.54, 1.807) is 24.0 Å². The molecule has 58 heavy (non-hydrogen) atoms.